The summed E-state index contributed by atoms with van der Waals surface area (Å²) in [6.07, 6.45) is -0.471. The molecule has 2 aromatic rings. The number of hydrogen-bond acceptors (Lipinski definition) is 9. The lowest BCUT2D eigenvalue weighted by Crippen LogP contribution is -2.35. The number of carbonyl (C=O) groups is 2. The van der Waals surface area contributed by atoms with Gasteiger partial charge >= 0.3 is 11.3 Å². The molecule has 1 fully saturated rings. The minimum atomic E-state index is -0.471. The van der Waals surface area contributed by atoms with Crippen molar-refractivity contribution in [3.63, 3.8) is 0 Å². The number of amides is 2. The normalized spacial score (nSPS) is 16.3. The van der Waals surface area contributed by atoms with E-state index in [4.69, 9.17) is 14.2 Å². The summed E-state index contributed by atoms with van der Waals surface area (Å²) in [5, 5.41) is 8.68. The maximum absolute atomic E-state index is 12.5. The fourth-order valence-corrected chi connectivity index (χ4v) is 5.51. The Balaban J connectivity index is 1.32. The number of nitrogens with zero attached hydrogens (tertiary/aromatic N) is 3. The van der Waals surface area contributed by atoms with Crippen LogP contribution in [0.4, 0.5) is 15.3 Å². The standard InChI is InChI=1S/C25H30N4O5S2/c1-32-22-8-5-19(15-23(22)33-2)21-17-36-25(31)29(27-21)16-18-3-6-20(7-4-18)26-24(30)34-12-9-28-10-13-35-14-11-28/h3-8,15H,9-14,16-17H2,1-2H3,(H,26,30). The first-order chi connectivity index (χ1) is 17.6. The number of ether oxygens (including phenoxy) is 3. The largest absolute Gasteiger partial charge is 0.493 e. The molecule has 2 amide bonds. The van der Waals surface area contributed by atoms with E-state index in [1.165, 1.54) is 16.8 Å². The van der Waals surface area contributed by atoms with Gasteiger partial charge in [-0.25, -0.2) is 9.80 Å². The van der Waals surface area contributed by atoms with Crippen molar-refractivity contribution < 1.29 is 23.8 Å². The van der Waals surface area contributed by atoms with Gasteiger partial charge in [0.05, 0.1) is 26.5 Å². The Morgan fingerprint density at radius 1 is 1.06 bits per heavy atom. The monoisotopic (exact) mass is 530 g/mol. The number of anilines is 1. The van der Waals surface area contributed by atoms with E-state index in [0.29, 0.717) is 36.1 Å². The number of hydrazone groups is 1. The Morgan fingerprint density at radius 2 is 1.81 bits per heavy atom. The Kier molecular flexibility index (Phi) is 9.37. The topological polar surface area (TPSA) is 92.7 Å². The molecule has 1 saturated heterocycles. The van der Waals surface area contributed by atoms with Crippen LogP contribution in [-0.4, -0.2) is 84.7 Å². The number of benzene rings is 2. The highest BCUT2D eigenvalue weighted by Crippen LogP contribution is 2.30. The van der Waals surface area contributed by atoms with E-state index < -0.39 is 6.09 Å². The molecule has 0 bridgehead atoms. The number of nitrogens with one attached hydrogen (secondary N) is 1. The lowest BCUT2D eigenvalue weighted by molar-refractivity contribution is 0.142. The summed E-state index contributed by atoms with van der Waals surface area (Å²) in [6.45, 7) is 3.51. The lowest BCUT2D eigenvalue weighted by Gasteiger charge is -2.25. The van der Waals surface area contributed by atoms with Gasteiger partial charge in [-0.05, 0) is 35.9 Å². The van der Waals surface area contributed by atoms with Gasteiger partial charge < -0.3 is 14.2 Å². The maximum Gasteiger partial charge on any atom is 0.411 e. The molecule has 1 N–H and O–H groups in total. The van der Waals surface area contributed by atoms with E-state index in [1.807, 2.05) is 42.1 Å². The number of hydrogen-bond donors (Lipinski definition) is 1. The van der Waals surface area contributed by atoms with Gasteiger partial charge in [-0.15, -0.1) is 0 Å². The summed E-state index contributed by atoms with van der Waals surface area (Å²) in [4.78, 5) is 26.9. The van der Waals surface area contributed by atoms with Crippen molar-refractivity contribution in [3.05, 3.63) is 53.6 Å². The van der Waals surface area contributed by atoms with Crippen molar-refractivity contribution in [1.29, 1.82) is 0 Å². The van der Waals surface area contributed by atoms with Crippen LogP contribution in [0.5, 0.6) is 11.5 Å². The molecule has 0 saturated carbocycles. The number of carbonyl (C=O) groups excluding carboxylic acids is 2. The first kappa shape index (κ1) is 26.2. The Morgan fingerprint density at radius 3 is 2.53 bits per heavy atom. The second-order valence-corrected chi connectivity index (χ2v) is 10.3. The van der Waals surface area contributed by atoms with E-state index in [0.717, 1.165) is 48.0 Å². The van der Waals surface area contributed by atoms with Crippen molar-refractivity contribution in [1.82, 2.24) is 9.91 Å². The third-order valence-electron chi connectivity index (χ3n) is 5.78. The molecule has 2 heterocycles. The fourth-order valence-electron chi connectivity index (χ4n) is 3.79. The molecule has 4 rings (SSSR count). The smallest absolute Gasteiger partial charge is 0.411 e. The van der Waals surface area contributed by atoms with Gasteiger partial charge in [0.2, 0.25) is 0 Å². The summed E-state index contributed by atoms with van der Waals surface area (Å²) < 4.78 is 16.0. The highest BCUT2D eigenvalue weighted by Gasteiger charge is 2.23. The zero-order valence-corrected chi connectivity index (χ0v) is 22.0. The lowest BCUT2D eigenvalue weighted by atomic mass is 10.1. The number of thioether (sulfide) groups is 2. The fraction of sp³-hybridized carbons (Fsp3) is 0.400. The van der Waals surface area contributed by atoms with Crippen molar-refractivity contribution in [3.8, 4) is 11.5 Å². The van der Waals surface area contributed by atoms with Crippen molar-refractivity contribution in [2.45, 2.75) is 6.54 Å². The van der Waals surface area contributed by atoms with Gasteiger partial charge in [-0.1, -0.05) is 23.9 Å². The van der Waals surface area contributed by atoms with Crippen LogP contribution in [0, 0.1) is 0 Å². The van der Waals surface area contributed by atoms with Gasteiger partial charge in [-0.3, -0.25) is 15.0 Å². The summed E-state index contributed by atoms with van der Waals surface area (Å²) in [5.74, 6) is 3.98. The second-order valence-electron chi connectivity index (χ2n) is 8.14. The highest BCUT2D eigenvalue weighted by atomic mass is 32.2. The minimum Gasteiger partial charge on any atom is -0.493 e. The predicted molar refractivity (Wildman–Crippen MR) is 145 cm³/mol. The van der Waals surface area contributed by atoms with Crippen LogP contribution >= 0.6 is 23.5 Å². The van der Waals surface area contributed by atoms with Gasteiger partial charge in [0, 0.05) is 48.1 Å². The summed E-state index contributed by atoms with van der Waals surface area (Å²) >= 11 is 3.16. The van der Waals surface area contributed by atoms with E-state index in [-0.39, 0.29) is 5.24 Å². The van der Waals surface area contributed by atoms with E-state index in [1.54, 1.807) is 26.4 Å². The third-order valence-corrected chi connectivity index (χ3v) is 7.60. The van der Waals surface area contributed by atoms with Crippen molar-refractivity contribution >= 4 is 46.3 Å². The van der Waals surface area contributed by atoms with E-state index in [2.05, 4.69) is 15.3 Å². The van der Waals surface area contributed by atoms with Crippen molar-refractivity contribution in [2.75, 3.05) is 63.0 Å². The Labute approximate surface area is 219 Å². The zero-order chi connectivity index (χ0) is 25.3. The summed E-state index contributed by atoms with van der Waals surface area (Å²) in [6, 6.07) is 12.9. The molecule has 0 aromatic heterocycles. The van der Waals surface area contributed by atoms with E-state index >= 15 is 0 Å². The summed E-state index contributed by atoms with van der Waals surface area (Å²) in [5.41, 5.74) is 3.18. The Hall–Kier alpha value is -2.89. The van der Waals surface area contributed by atoms with Crippen LogP contribution in [0.2, 0.25) is 0 Å². The SMILES string of the molecule is COc1ccc(C2=NN(Cc3ccc(NC(=O)OCCN4CCSCC4)cc3)C(=O)SC2)cc1OC. The number of methoxy groups -OCH3 is 2. The van der Waals surface area contributed by atoms with E-state index in [9.17, 15) is 9.59 Å². The maximum atomic E-state index is 12.5. The zero-order valence-electron chi connectivity index (χ0n) is 20.4. The molecule has 11 heteroatoms. The first-order valence-corrected chi connectivity index (χ1v) is 13.8. The third kappa shape index (κ3) is 7.08. The average molecular weight is 531 g/mol. The quantitative estimate of drug-likeness (QED) is 0.511. The molecule has 0 radical (unpaired) electrons. The minimum absolute atomic E-state index is 0.114. The molecular formula is C25H30N4O5S2. The molecule has 2 aliphatic heterocycles. The molecular weight excluding hydrogens is 500 g/mol. The van der Waals surface area contributed by atoms with Crippen LogP contribution < -0.4 is 14.8 Å². The molecule has 0 spiro atoms. The van der Waals surface area contributed by atoms with Gasteiger partial charge in [0.1, 0.15) is 6.61 Å². The van der Waals surface area contributed by atoms with Crippen LogP contribution in [0.3, 0.4) is 0 Å². The predicted octanol–water partition coefficient (Wildman–Crippen LogP) is 4.37. The van der Waals surface area contributed by atoms with Gasteiger partial charge in [0.15, 0.2) is 11.5 Å². The van der Waals surface area contributed by atoms with Crippen molar-refractivity contribution in [2.24, 2.45) is 5.10 Å². The molecule has 9 nitrogen and oxygen atoms in total. The Bertz CT molecular complexity index is 1090. The van der Waals surface area contributed by atoms with Gasteiger partial charge in [-0.2, -0.15) is 16.9 Å². The first-order valence-electron chi connectivity index (χ1n) is 11.6. The highest BCUT2D eigenvalue weighted by molar-refractivity contribution is 8.14. The summed E-state index contributed by atoms with van der Waals surface area (Å²) in [7, 11) is 3.17. The molecule has 192 valence electrons. The van der Waals surface area contributed by atoms with Crippen LogP contribution in [0.25, 0.3) is 0 Å². The molecule has 36 heavy (non-hydrogen) atoms. The molecule has 0 aliphatic carbocycles. The molecule has 0 unspecified atom stereocenters. The van der Waals surface area contributed by atoms with Crippen LogP contribution in [-0.2, 0) is 11.3 Å². The van der Waals surface area contributed by atoms with Crippen LogP contribution in [0.15, 0.2) is 47.6 Å². The van der Waals surface area contributed by atoms with Gasteiger partial charge in [0.25, 0.3) is 0 Å². The van der Waals surface area contributed by atoms with Crippen LogP contribution in [0.1, 0.15) is 11.1 Å². The average Bonchev–Trinajstić information content (AvgIpc) is 2.91. The molecule has 0 atom stereocenters. The molecule has 2 aromatic carbocycles. The molecule has 2 aliphatic rings. The second kappa shape index (κ2) is 12.9. The number of rotatable bonds is 9.